The summed E-state index contributed by atoms with van der Waals surface area (Å²) in [7, 11) is 0. The maximum Gasteiger partial charge on any atom is 0.305 e. The Bertz CT molecular complexity index is 837. The number of carbonyl (C=O) groups excluding carboxylic acids is 1. The van der Waals surface area contributed by atoms with Crippen LogP contribution in [0.4, 0.5) is 0 Å². The van der Waals surface area contributed by atoms with Gasteiger partial charge < -0.3 is 9.47 Å². The standard InChI is InChI=1S/C25H27NO3/c1-2-28-25(27)16-10-5-11-17-29-24-19-22(20-12-6-3-7-13-20)18-23(26-24)21-14-8-4-9-15-21/h3-4,6-9,12-15,18-19H,2,5,10-11,16-17H2,1H3. The molecule has 0 fully saturated rings. The van der Waals surface area contributed by atoms with Crippen LogP contribution in [-0.2, 0) is 9.53 Å². The van der Waals surface area contributed by atoms with Gasteiger partial charge in [-0.3, -0.25) is 4.79 Å². The summed E-state index contributed by atoms with van der Waals surface area (Å²) >= 11 is 0. The molecule has 1 heterocycles. The molecule has 0 atom stereocenters. The van der Waals surface area contributed by atoms with Crippen LogP contribution >= 0.6 is 0 Å². The van der Waals surface area contributed by atoms with Crippen molar-refractivity contribution in [2.24, 2.45) is 0 Å². The molecule has 0 N–H and O–H groups in total. The van der Waals surface area contributed by atoms with Crippen molar-refractivity contribution >= 4 is 5.97 Å². The molecule has 0 bridgehead atoms. The topological polar surface area (TPSA) is 48.4 Å². The molecule has 0 amide bonds. The molecule has 0 spiro atoms. The Kier molecular flexibility index (Phi) is 7.81. The third kappa shape index (κ3) is 6.46. The van der Waals surface area contributed by atoms with Crippen LogP contribution in [0.15, 0.2) is 72.8 Å². The van der Waals surface area contributed by atoms with Crippen LogP contribution in [0.1, 0.15) is 32.6 Å². The molecule has 29 heavy (non-hydrogen) atoms. The number of unbranched alkanes of at least 4 members (excludes halogenated alkanes) is 2. The van der Waals surface area contributed by atoms with Crippen molar-refractivity contribution in [3.63, 3.8) is 0 Å². The van der Waals surface area contributed by atoms with E-state index in [0.717, 1.165) is 41.6 Å². The molecule has 2 aromatic carbocycles. The first-order valence-corrected chi connectivity index (χ1v) is 10.2. The van der Waals surface area contributed by atoms with E-state index in [1.807, 2.05) is 49.4 Å². The van der Waals surface area contributed by atoms with Gasteiger partial charge >= 0.3 is 5.97 Å². The molecular weight excluding hydrogens is 362 g/mol. The van der Waals surface area contributed by atoms with Crippen molar-refractivity contribution in [1.29, 1.82) is 0 Å². The SMILES string of the molecule is CCOC(=O)CCCCCOc1cc(-c2ccccc2)cc(-c2ccccc2)n1. The van der Waals surface area contributed by atoms with E-state index in [1.54, 1.807) is 0 Å². The van der Waals surface area contributed by atoms with Gasteiger partial charge in [0, 0.05) is 18.1 Å². The minimum atomic E-state index is -0.127. The van der Waals surface area contributed by atoms with E-state index in [2.05, 4.69) is 30.3 Å². The predicted molar refractivity (Wildman–Crippen MR) is 116 cm³/mol. The van der Waals surface area contributed by atoms with Crippen molar-refractivity contribution in [2.45, 2.75) is 32.6 Å². The van der Waals surface area contributed by atoms with Crippen LogP contribution in [0, 0.1) is 0 Å². The number of hydrogen-bond donors (Lipinski definition) is 0. The highest BCUT2D eigenvalue weighted by atomic mass is 16.5. The zero-order chi connectivity index (χ0) is 20.3. The Morgan fingerprint density at radius 1 is 0.828 bits per heavy atom. The summed E-state index contributed by atoms with van der Waals surface area (Å²) in [4.78, 5) is 16.1. The molecule has 4 nitrogen and oxygen atoms in total. The third-order valence-corrected chi connectivity index (χ3v) is 4.56. The minimum absolute atomic E-state index is 0.127. The average Bonchev–Trinajstić information content (AvgIpc) is 2.77. The summed E-state index contributed by atoms with van der Waals surface area (Å²) in [6, 6.07) is 24.4. The number of carbonyl (C=O) groups is 1. The smallest absolute Gasteiger partial charge is 0.305 e. The first kappa shape index (κ1) is 20.6. The average molecular weight is 389 g/mol. The maximum atomic E-state index is 11.4. The van der Waals surface area contributed by atoms with E-state index in [-0.39, 0.29) is 5.97 Å². The van der Waals surface area contributed by atoms with Gasteiger partial charge in [0.2, 0.25) is 5.88 Å². The van der Waals surface area contributed by atoms with Gasteiger partial charge in [0.1, 0.15) is 0 Å². The number of aromatic nitrogens is 1. The van der Waals surface area contributed by atoms with Crippen LogP contribution in [0.2, 0.25) is 0 Å². The Balaban J connectivity index is 1.65. The lowest BCUT2D eigenvalue weighted by Gasteiger charge is -2.11. The zero-order valence-corrected chi connectivity index (χ0v) is 16.8. The molecule has 0 saturated heterocycles. The van der Waals surface area contributed by atoms with E-state index < -0.39 is 0 Å². The number of nitrogens with zero attached hydrogens (tertiary/aromatic N) is 1. The van der Waals surface area contributed by atoms with Crippen LogP contribution in [0.3, 0.4) is 0 Å². The van der Waals surface area contributed by atoms with Crippen molar-refractivity contribution < 1.29 is 14.3 Å². The Morgan fingerprint density at radius 2 is 1.52 bits per heavy atom. The van der Waals surface area contributed by atoms with Crippen LogP contribution in [-0.4, -0.2) is 24.2 Å². The fraction of sp³-hybridized carbons (Fsp3) is 0.280. The quantitative estimate of drug-likeness (QED) is 0.319. The van der Waals surface area contributed by atoms with Crippen molar-refractivity contribution in [3.8, 4) is 28.3 Å². The van der Waals surface area contributed by atoms with Gasteiger partial charge in [-0.2, -0.15) is 0 Å². The van der Waals surface area contributed by atoms with E-state index in [9.17, 15) is 4.79 Å². The molecule has 0 saturated carbocycles. The van der Waals surface area contributed by atoms with Crippen LogP contribution in [0.5, 0.6) is 5.88 Å². The summed E-state index contributed by atoms with van der Waals surface area (Å²) in [6.07, 6.45) is 3.07. The van der Waals surface area contributed by atoms with Crippen LogP contribution in [0.25, 0.3) is 22.4 Å². The van der Waals surface area contributed by atoms with Crippen molar-refractivity contribution in [1.82, 2.24) is 4.98 Å². The van der Waals surface area contributed by atoms with Gasteiger partial charge in [-0.05, 0) is 43.4 Å². The molecule has 0 aliphatic heterocycles. The van der Waals surface area contributed by atoms with Gasteiger partial charge in [-0.25, -0.2) is 4.98 Å². The van der Waals surface area contributed by atoms with Gasteiger partial charge in [-0.15, -0.1) is 0 Å². The van der Waals surface area contributed by atoms with Gasteiger partial charge in [0.05, 0.1) is 18.9 Å². The molecule has 0 radical (unpaired) electrons. The normalized spacial score (nSPS) is 10.5. The molecule has 0 aliphatic rings. The lowest BCUT2D eigenvalue weighted by atomic mass is 10.0. The monoisotopic (exact) mass is 389 g/mol. The summed E-state index contributed by atoms with van der Waals surface area (Å²) in [5.74, 6) is 0.494. The maximum absolute atomic E-state index is 11.4. The van der Waals surface area contributed by atoms with Gasteiger partial charge in [0.15, 0.2) is 0 Å². The number of benzene rings is 2. The highest BCUT2D eigenvalue weighted by Crippen LogP contribution is 2.28. The molecular formula is C25H27NO3. The van der Waals surface area contributed by atoms with Gasteiger partial charge in [0.25, 0.3) is 0 Å². The summed E-state index contributed by atoms with van der Waals surface area (Å²) in [5, 5.41) is 0. The van der Waals surface area contributed by atoms with E-state index in [4.69, 9.17) is 14.5 Å². The summed E-state index contributed by atoms with van der Waals surface area (Å²) in [5.41, 5.74) is 4.16. The first-order chi connectivity index (χ1) is 14.3. The van der Waals surface area contributed by atoms with Crippen molar-refractivity contribution in [2.75, 3.05) is 13.2 Å². The minimum Gasteiger partial charge on any atom is -0.478 e. The van der Waals surface area contributed by atoms with E-state index in [0.29, 0.717) is 25.5 Å². The highest BCUT2D eigenvalue weighted by molar-refractivity contribution is 5.71. The van der Waals surface area contributed by atoms with Gasteiger partial charge in [-0.1, -0.05) is 60.7 Å². The lowest BCUT2D eigenvalue weighted by Crippen LogP contribution is -2.04. The third-order valence-electron chi connectivity index (χ3n) is 4.56. The Morgan fingerprint density at radius 3 is 2.21 bits per heavy atom. The van der Waals surface area contributed by atoms with Crippen molar-refractivity contribution in [3.05, 3.63) is 72.8 Å². The fourth-order valence-corrected chi connectivity index (χ4v) is 3.09. The lowest BCUT2D eigenvalue weighted by molar-refractivity contribution is -0.143. The molecule has 3 aromatic rings. The number of hydrogen-bond acceptors (Lipinski definition) is 4. The molecule has 0 unspecified atom stereocenters. The van der Waals surface area contributed by atoms with Crippen LogP contribution < -0.4 is 4.74 Å². The Hall–Kier alpha value is -3.14. The Labute approximate surface area is 172 Å². The summed E-state index contributed by atoms with van der Waals surface area (Å²) in [6.45, 7) is 2.84. The molecule has 3 rings (SSSR count). The molecule has 1 aromatic heterocycles. The molecule has 150 valence electrons. The number of rotatable bonds is 10. The second-order valence-electron chi connectivity index (χ2n) is 6.78. The second kappa shape index (κ2) is 11.0. The number of ether oxygens (including phenoxy) is 2. The predicted octanol–water partition coefficient (Wildman–Crippen LogP) is 5.92. The molecule has 4 heteroatoms. The number of esters is 1. The fourth-order valence-electron chi connectivity index (χ4n) is 3.09. The van der Waals surface area contributed by atoms with E-state index >= 15 is 0 Å². The number of pyridine rings is 1. The zero-order valence-electron chi connectivity index (χ0n) is 16.8. The van der Waals surface area contributed by atoms with E-state index in [1.165, 1.54) is 0 Å². The second-order valence-corrected chi connectivity index (χ2v) is 6.78. The summed E-state index contributed by atoms with van der Waals surface area (Å²) < 4.78 is 10.9. The first-order valence-electron chi connectivity index (χ1n) is 10.2. The highest BCUT2D eigenvalue weighted by Gasteiger charge is 2.08. The molecule has 0 aliphatic carbocycles. The largest absolute Gasteiger partial charge is 0.478 e.